The lowest BCUT2D eigenvalue weighted by molar-refractivity contribution is -0.122. The van der Waals surface area contributed by atoms with Crippen LogP contribution >= 0.6 is 22.7 Å². The third-order valence-electron chi connectivity index (χ3n) is 4.01. The smallest absolute Gasteiger partial charge is 0.220 e. The highest BCUT2D eigenvalue weighted by Gasteiger charge is 2.21. The van der Waals surface area contributed by atoms with Crippen molar-refractivity contribution in [2.75, 3.05) is 18.8 Å². The maximum Gasteiger partial charge on any atom is 0.220 e. The molecule has 3 N–H and O–H groups in total. The second-order valence-corrected chi connectivity index (χ2v) is 7.82. The molecule has 1 aliphatic heterocycles. The Bertz CT molecular complexity index is 626. The van der Waals surface area contributed by atoms with Crippen LogP contribution in [0.15, 0.2) is 22.9 Å². The van der Waals surface area contributed by atoms with Gasteiger partial charge < -0.3 is 11.1 Å². The molecule has 1 saturated heterocycles. The molecular formula is C16H22N4OS2. The highest BCUT2D eigenvalue weighted by molar-refractivity contribution is 7.13. The summed E-state index contributed by atoms with van der Waals surface area (Å²) in [7, 11) is 0. The Morgan fingerprint density at radius 1 is 1.48 bits per heavy atom. The number of thiazole rings is 1. The van der Waals surface area contributed by atoms with E-state index in [1.54, 1.807) is 11.3 Å². The van der Waals surface area contributed by atoms with E-state index >= 15 is 0 Å². The fourth-order valence-electron chi connectivity index (χ4n) is 2.92. The Labute approximate surface area is 144 Å². The molecule has 0 spiro atoms. The molecule has 3 heterocycles. The Morgan fingerprint density at radius 3 is 3.13 bits per heavy atom. The first-order valence-corrected chi connectivity index (χ1v) is 9.69. The zero-order valence-electron chi connectivity index (χ0n) is 13.0. The molecular weight excluding hydrogens is 328 g/mol. The lowest BCUT2D eigenvalue weighted by Crippen LogP contribution is -2.47. The van der Waals surface area contributed by atoms with Crippen LogP contribution in [0.1, 0.15) is 29.8 Å². The monoisotopic (exact) mass is 350 g/mol. The van der Waals surface area contributed by atoms with Crippen LogP contribution in [0.4, 0.5) is 5.13 Å². The van der Waals surface area contributed by atoms with Gasteiger partial charge in [0.1, 0.15) is 0 Å². The van der Waals surface area contributed by atoms with Crippen molar-refractivity contribution in [1.82, 2.24) is 15.2 Å². The highest BCUT2D eigenvalue weighted by Crippen LogP contribution is 2.17. The van der Waals surface area contributed by atoms with Gasteiger partial charge in [-0.05, 0) is 37.3 Å². The molecule has 1 aliphatic rings. The molecule has 5 nitrogen and oxygen atoms in total. The Hall–Kier alpha value is -1.44. The largest absolute Gasteiger partial charge is 0.375 e. The van der Waals surface area contributed by atoms with Gasteiger partial charge in [0.05, 0.1) is 5.69 Å². The molecule has 3 rings (SSSR count). The van der Waals surface area contributed by atoms with Crippen LogP contribution in [-0.2, 0) is 17.8 Å². The third-order valence-corrected chi connectivity index (χ3v) is 5.59. The fourth-order valence-corrected chi connectivity index (χ4v) is 4.26. The zero-order valence-corrected chi connectivity index (χ0v) is 14.7. The van der Waals surface area contributed by atoms with Crippen molar-refractivity contribution >= 4 is 33.7 Å². The van der Waals surface area contributed by atoms with E-state index in [1.165, 1.54) is 16.2 Å². The average molecular weight is 351 g/mol. The Kier molecular flexibility index (Phi) is 5.64. The predicted molar refractivity (Wildman–Crippen MR) is 95.6 cm³/mol. The van der Waals surface area contributed by atoms with Gasteiger partial charge >= 0.3 is 0 Å². The van der Waals surface area contributed by atoms with Gasteiger partial charge in [0, 0.05) is 35.8 Å². The Morgan fingerprint density at radius 2 is 2.39 bits per heavy atom. The van der Waals surface area contributed by atoms with Gasteiger partial charge in [0.2, 0.25) is 5.91 Å². The second-order valence-electron chi connectivity index (χ2n) is 5.90. The molecule has 1 atom stereocenters. The first-order valence-electron chi connectivity index (χ1n) is 7.93. The number of carbonyl (C=O) groups excluding carboxylic acids is 1. The quantitative estimate of drug-likeness (QED) is 0.840. The molecule has 7 heteroatoms. The van der Waals surface area contributed by atoms with Crippen LogP contribution in [0.2, 0.25) is 0 Å². The molecule has 0 aliphatic carbocycles. The van der Waals surface area contributed by atoms with Crippen molar-refractivity contribution in [3.05, 3.63) is 33.5 Å². The third kappa shape index (κ3) is 5.02. The fraction of sp³-hybridized carbons (Fsp3) is 0.500. The summed E-state index contributed by atoms with van der Waals surface area (Å²) in [6.45, 7) is 3.04. The first-order chi connectivity index (χ1) is 11.2. The second kappa shape index (κ2) is 7.90. The van der Waals surface area contributed by atoms with E-state index in [4.69, 9.17) is 5.73 Å². The van der Waals surface area contributed by atoms with Crippen LogP contribution in [-0.4, -0.2) is 34.9 Å². The summed E-state index contributed by atoms with van der Waals surface area (Å²) in [5.41, 5.74) is 6.52. The summed E-state index contributed by atoms with van der Waals surface area (Å²) in [5.74, 6) is 0.111. The number of hydrogen-bond acceptors (Lipinski definition) is 6. The summed E-state index contributed by atoms with van der Waals surface area (Å²) in [6, 6.07) is 4.53. The van der Waals surface area contributed by atoms with Crippen LogP contribution in [0, 0.1) is 0 Å². The molecule has 0 radical (unpaired) electrons. The molecule has 2 aromatic heterocycles. The van der Waals surface area contributed by atoms with Crippen molar-refractivity contribution in [1.29, 1.82) is 0 Å². The number of nitrogen functional groups attached to an aromatic ring is 1. The van der Waals surface area contributed by atoms with Gasteiger partial charge in [-0.3, -0.25) is 9.69 Å². The van der Waals surface area contributed by atoms with Crippen molar-refractivity contribution in [3.63, 3.8) is 0 Å². The SMILES string of the molecule is Nc1nc(CCC(=O)N[C@@H]2CCCN(Cc3cccs3)C2)cs1. The van der Waals surface area contributed by atoms with Crippen LogP contribution < -0.4 is 11.1 Å². The number of likely N-dealkylation sites (tertiary alicyclic amines) is 1. The summed E-state index contributed by atoms with van der Waals surface area (Å²) in [4.78, 5) is 20.1. The molecule has 0 saturated carbocycles. The molecule has 2 aromatic rings. The predicted octanol–water partition coefficient (Wildman–Crippen LogP) is 2.50. The Balaban J connectivity index is 1.42. The lowest BCUT2D eigenvalue weighted by atomic mass is 10.1. The van der Waals surface area contributed by atoms with Gasteiger partial charge in [-0.1, -0.05) is 6.07 Å². The number of anilines is 1. The van der Waals surface area contributed by atoms with Crippen LogP contribution in [0.5, 0.6) is 0 Å². The minimum atomic E-state index is 0.111. The molecule has 1 fully saturated rings. The van der Waals surface area contributed by atoms with Gasteiger partial charge in [0.15, 0.2) is 5.13 Å². The molecule has 0 unspecified atom stereocenters. The standard InChI is InChI=1S/C16H22N4OS2/c17-16-19-13(11-23-16)5-6-15(21)18-12-3-1-7-20(9-12)10-14-4-2-8-22-14/h2,4,8,11-12H,1,3,5-7,9-10H2,(H2,17,19)(H,18,21)/t12-/m1/s1. The van der Waals surface area contributed by atoms with Gasteiger partial charge in [-0.2, -0.15) is 0 Å². The van der Waals surface area contributed by atoms with E-state index in [0.29, 0.717) is 18.0 Å². The van der Waals surface area contributed by atoms with Crippen molar-refractivity contribution in [2.45, 2.75) is 38.3 Å². The van der Waals surface area contributed by atoms with E-state index in [0.717, 1.165) is 38.2 Å². The number of thiophene rings is 1. The summed E-state index contributed by atoms with van der Waals surface area (Å²) < 4.78 is 0. The van der Waals surface area contributed by atoms with Gasteiger partial charge in [-0.15, -0.1) is 22.7 Å². The van der Waals surface area contributed by atoms with Gasteiger partial charge in [0.25, 0.3) is 0 Å². The van der Waals surface area contributed by atoms with E-state index in [-0.39, 0.29) is 11.9 Å². The van der Waals surface area contributed by atoms with Gasteiger partial charge in [-0.25, -0.2) is 4.98 Å². The van der Waals surface area contributed by atoms with Crippen molar-refractivity contribution in [3.8, 4) is 0 Å². The summed E-state index contributed by atoms with van der Waals surface area (Å²) >= 11 is 3.22. The first kappa shape index (κ1) is 16.4. The number of hydrogen-bond donors (Lipinski definition) is 2. The zero-order chi connectivity index (χ0) is 16.1. The minimum absolute atomic E-state index is 0.111. The van der Waals surface area contributed by atoms with Crippen molar-refractivity contribution in [2.24, 2.45) is 0 Å². The van der Waals surface area contributed by atoms with Crippen LogP contribution in [0.3, 0.4) is 0 Å². The number of aryl methyl sites for hydroxylation is 1. The number of piperidine rings is 1. The molecule has 0 aromatic carbocycles. The maximum absolute atomic E-state index is 12.1. The number of nitrogens with two attached hydrogens (primary N) is 1. The number of carbonyl (C=O) groups is 1. The van der Waals surface area contributed by atoms with Crippen molar-refractivity contribution < 1.29 is 4.79 Å². The summed E-state index contributed by atoms with van der Waals surface area (Å²) in [6.07, 6.45) is 3.34. The molecule has 23 heavy (non-hydrogen) atoms. The number of nitrogens with zero attached hydrogens (tertiary/aromatic N) is 2. The summed E-state index contributed by atoms with van der Waals surface area (Å²) in [5, 5.41) is 7.78. The normalized spacial score (nSPS) is 18.9. The topological polar surface area (TPSA) is 71.2 Å². The highest BCUT2D eigenvalue weighted by atomic mass is 32.1. The molecule has 0 bridgehead atoms. The number of nitrogens with one attached hydrogen (secondary N) is 1. The van der Waals surface area contributed by atoms with E-state index < -0.39 is 0 Å². The van der Waals surface area contributed by atoms with E-state index in [1.807, 2.05) is 5.38 Å². The molecule has 124 valence electrons. The minimum Gasteiger partial charge on any atom is -0.375 e. The van der Waals surface area contributed by atoms with E-state index in [2.05, 4.69) is 32.7 Å². The number of amides is 1. The number of rotatable bonds is 6. The number of aromatic nitrogens is 1. The molecule has 1 amide bonds. The lowest BCUT2D eigenvalue weighted by Gasteiger charge is -2.32. The van der Waals surface area contributed by atoms with E-state index in [9.17, 15) is 4.79 Å². The van der Waals surface area contributed by atoms with Crippen LogP contribution in [0.25, 0.3) is 0 Å². The maximum atomic E-state index is 12.1. The average Bonchev–Trinajstić information content (AvgIpc) is 3.17.